The van der Waals surface area contributed by atoms with Gasteiger partial charge < -0.3 is 19.6 Å². The van der Waals surface area contributed by atoms with Gasteiger partial charge in [0.05, 0.1) is 17.6 Å². The SMILES string of the molecule is COc1ccc(CCC2(C3CCCC3)CC(O)=C(Sc3nc4ncccc4[nH]3)C(=O)O2)cc1Cl. The molecule has 178 valence electrons. The number of aryl methyl sites for hydroxylation is 1. The van der Waals surface area contributed by atoms with Crippen LogP contribution in [0.5, 0.6) is 5.75 Å². The number of aromatic amines is 1. The highest BCUT2D eigenvalue weighted by Crippen LogP contribution is 2.47. The largest absolute Gasteiger partial charge is 0.511 e. The van der Waals surface area contributed by atoms with E-state index in [1.165, 1.54) is 0 Å². The number of cyclic esters (lactones) is 1. The summed E-state index contributed by atoms with van der Waals surface area (Å²) in [6.07, 6.45) is 7.44. The van der Waals surface area contributed by atoms with Crippen molar-refractivity contribution >= 4 is 40.5 Å². The lowest BCUT2D eigenvalue weighted by Gasteiger charge is -2.41. The van der Waals surface area contributed by atoms with Gasteiger partial charge in [-0.15, -0.1) is 0 Å². The number of thioether (sulfide) groups is 1. The number of carbonyl (C=O) groups is 1. The highest BCUT2D eigenvalue weighted by atomic mass is 35.5. The number of nitrogens with zero attached hydrogens (tertiary/aromatic N) is 2. The summed E-state index contributed by atoms with van der Waals surface area (Å²) in [6, 6.07) is 9.39. The van der Waals surface area contributed by atoms with Crippen molar-refractivity contribution in [1.29, 1.82) is 0 Å². The van der Waals surface area contributed by atoms with Crippen LogP contribution in [-0.4, -0.2) is 38.7 Å². The van der Waals surface area contributed by atoms with E-state index >= 15 is 0 Å². The van der Waals surface area contributed by atoms with Crippen molar-refractivity contribution in [3.05, 3.63) is 57.8 Å². The molecule has 3 aromatic rings. The van der Waals surface area contributed by atoms with Crippen LogP contribution in [0, 0.1) is 5.92 Å². The molecule has 0 bridgehead atoms. The number of H-pyrrole nitrogens is 1. The monoisotopic (exact) mass is 499 g/mol. The zero-order valence-electron chi connectivity index (χ0n) is 18.8. The van der Waals surface area contributed by atoms with E-state index in [1.54, 1.807) is 13.3 Å². The normalized spacial score (nSPS) is 21.3. The fourth-order valence-electron chi connectivity index (χ4n) is 5.06. The fourth-order valence-corrected chi connectivity index (χ4v) is 6.14. The fraction of sp³-hybridized carbons (Fsp3) is 0.400. The Hall–Kier alpha value is -2.71. The van der Waals surface area contributed by atoms with Crippen LogP contribution in [0.3, 0.4) is 0 Å². The van der Waals surface area contributed by atoms with Crippen molar-refractivity contribution in [1.82, 2.24) is 15.0 Å². The molecule has 2 aromatic heterocycles. The van der Waals surface area contributed by atoms with Gasteiger partial charge in [-0.1, -0.05) is 30.5 Å². The number of methoxy groups -OCH3 is 1. The third-order valence-corrected chi connectivity index (χ3v) is 8.09. The summed E-state index contributed by atoms with van der Waals surface area (Å²) < 4.78 is 11.4. The minimum Gasteiger partial charge on any atom is -0.511 e. The molecule has 0 amide bonds. The lowest BCUT2D eigenvalue weighted by Crippen LogP contribution is -2.45. The summed E-state index contributed by atoms with van der Waals surface area (Å²) in [6.45, 7) is 0. The number of halogens is 1. The average Bonchev–Trinajstić information content (AvgIpc) is 3.50. The third-order valence-electron chi connectivity index (χ3n) is 6.80. The summed E-state index contributed by atoms with van der Waals surface area (Å²) in [5, 5.41) is 12.1. The van der Waals surface area contributed by atoms with Crippen molar-refractivity contribution < 1.29 is 19.4 Å². The van der Waals surface area contributed by atoms with Gasteiger partial charge in [0.25, 0.3) is 0 Å². The molecule has 34 heavy (non-hydrogen) atoms. The Morgan fingerprint density at radius 2 is 2.15 bits per heavy atom. The van der Waals surface area contributed by atoms with Crippen molar-refractivity contribution in [2.24, 2.45) is 5.92 Å². The Labute approximate surface area is 206 Å². The topological polar surface area (TPSA) is 97.3 Å². The molecule has 0 spiro atoms. The number of ether oxygens (including phenoxy) is 2. The molecule has 0 saturated heterocycles. The van der Waals surface area contributed by atoms with E-state index in [0.717, 1.165) is 48.5 Å². The average molecular weight is 500 g/mol. The highest BCUT2D eigenvalue weighted by molar-refractivity contribution is 8.03. The zero-order chi connectivity index (χ0) is 23.7. The molecule has 7 nitrogen and oxygen atoms in total. The summed E-state index contributed by atoms with van der Waals surface area (Å²) in [4.78, 5) is 25.1. The number of rotatable bonds is 7. The number of carbonyl (C=O) groups excluding carboxylic acids is 1. The predicted molar refractivity (Wildman–Crippen MR) is 131 cm³/mol. The van der Waals surface area contributed by atoms with Crippen LogP contribution < -0.4 is 4.74 Å². The van der Waals surface area contributed by atoms with Gasteiger partial charge >= 0.3 is 5.97 Å². The van der Waals surface area contributed by atoms with E-state index in [2.05, 4.69) is 15.0 Å². The number of nitrogens with one attached hydrogen (secondary N) is 1. The molecule has 1 aliphatic carbocycles. The number of pyridine rings is 1. The van der Waals surface area contributed by atoms with Crippen LogP contribution in [0.1, 0.15) is 44.1 Å². The molecular weight excluding hydrogens is 474 g/mol. The van der Waals surface area contributed by atoms with Gasteiger partial charge in [0.2, 0.25) is 0 Å². The molecule has 9 heteroatoms. The molecule has 1 aromatic carbocycles. The number of aromatic nitrogens is 3. The van der Waals surface area contributed by atoms with Crippen molar-refractivity contribution in [2.45, 2.75) is 55.7 Å². The molecule has 2 N–H and O–H groups in total. The van der Waals surface area contributed by atoms with E-state index in [0.29, 0.717) is 40.8 Å². The minimum atomic E-state index is -0.733. The molecule has 1 fully saturated rings. The number of aliphatic hydroxyl groups excluding tert-OH is 1. The number of hydrogen-bond acceptors (Lipinski definition) is 7. The first-order valence-electron chi connectivity index (χ1n) is 11.4. The molecule has 3 heterocycles. The minimum absolute atomic E-state index is 0.0642. The zero-order valence-corrected chi connectivity index (χ0v) is 20.4. The molecule has 1 atom stereocenters. The Morgan fingerprint density at radius 1 is 1.32 bits per heavy atom. The Kier molecular flexibility index (Phi) is 6.44. The maximum absolute atomic E-state index is 13.2. The van der Waals surface area contributed by atoms with Gasteiger partial charge in [0, 0.05) is 12.6 Å². The number of hydrogen-bond donors (Lipinski definition) is 2. The van der Waals surface area contributed by atoms with Crippen molar-refractivity contribution in [3.8, 4) is 5.75 Å². The second kappa shape index (κ2) is 9.50. The van der Waals surface area contributed by atoms with Crippen LogP contribution in [0.2, 0.25) is 5.02 Å². The lowest BCUT2D eigenvalue weighted by molar-refractivity contribution is -0.166. The molecular formula is C25H26ClN3O4S. The van der Waals surface area contributed by atoms with Gasteiger partial charge in [0.1, 0.15) is 22.0 Å². The maximum atomic E-state index is 13.2. The maximum Gasteiger partial charge on any atom is 0.349 e. The van der Waals surface area contributed by atoms with Crippen LogP contribution >= 0.6 is 23.4 Å². The Balaban J connectivity index is 1.39. The van der Waals surface area contributed by atoms with Crippen LogP contribution in [0.25, 0.3) is 11.2 Å². The predicted octanol–water partition coefficient (Wildman–Crippen LogP) is 5.99. The molecule has 1 unspecified atom stereocenters. The van der Waals surface area contributed by atoms with Crippen LogP contribution in [0.15, 0.2) is 52.3 Å². The van der Waals surface area contributed by atoms with E-state index in [9.17, 15) is 9.90 Å². The molecule has 0 radical (unpaired) electrons. The molecule has 5 rings (SSSR count). The smallest absolute Gasteiger partial charge is 0.349 e. The van der Waals surface area contributed by atoms with Gasteiger partial charge in [-0.3, -0.25) is 0 Å². The Bertz CT molecular complexity index is 1220. The first-order valence-corrected chi connectivity index (χ1v) is 12.6. The summed E-state index contributed by atoms with van der Waals surface area (Å²) in [5.41, 5.74) is 1.64. The van der Waals surface area contributed by atoms with Crippen molar-refractivity contribution in [3.63, 3.8) is 0 Å². The van der Waals surface area contributed by atoms with E-state index < -0.39 is 11.6 Å². The van der Waals surface area contributed by atoms with Crippen molar-refractivity contribution in [2.75, 3.05) is 7.11 Å². The number of benzene rings is 1. The second-order valence-corrected chi connectivity index (χ2v) is 10.3. The molecule has 1 saturated carbocycles. The van der Waals surface area contributed by atoms with E-state index in [-0.39, 0.29) is 16.6 Å². The standard InChI is InChI=1S/C25H26ClN3O4S/c1-32-20-9-8-15(13-17(20)26)10-11-25(16-5-2-3-6-16)14-19(30)21(23(31)33-25)34-24-28-18-7-4-12-27-22(18)29-24/h4,7-9,12-13,16,30H,2-3,5-6,10-11,14H2,1H3,(H,27,28,29). The van der Waals surface area contributed by atoms with Gasteiger partial charge in [-0.05, 0) is 73.2 Å². The van der Waals surface area contributed by atoms with Crippen LogP contribution in [-0.2, 0) is 16.0 Å². The molecule has 1 aliphatic heterocycles. The number of aliphatic hydroxyl groups is 1. The first kappa shape index (κ1) is 23.1. The molecule has 2 aliphatic rings. The van der Waals surface area contributed by atoms with E-state index in [4.69, 9.17) is 21.1 Å². The van der Waals surface area contributed by atoms with Gasteiger partial charge in [0.15, 0.2) is 10.8 Å². The van der Waals surface area contributed by atoms with Gasteiger partial charge in [-0.2, -0.15) is 0 Å². The summed E-state index contributed by atoms with van der Waals surface area (Å²) >= 11 is 7.40. The number of fused-ring (bicyclic) bond motifs is 1. The Morgan fingerprint density at radius 3 is 2.85 bits per heavy atom. The number of esters is 1. The highest BCUT2D eigenvalue weighted by Gasteiger charge is 2.48. The third kappa shape index (κ3) is 4.49. The van der Waals surface area contributed by atoms with Gasteiger partial charge in [-0.25, -0.2) is 14.8 Å². The van der Waals surface area contributed by atoms with E-state index in [1.807, 2.05) is 30.3 Å². The summed E-state index contributed by atoms with van der Waals surface area (Å²) in [7, 11) is 1.59. The quantitative estimate of drug-likeness (QED) is 0.385. The first-order chi connectivity index (χ1) is 16.5. The lowest BCUT2D eigenvalue weighted by atomic mass is 9.77. The van der Waals surface area contributed by atoms with Crippen LogP contribution in [0.4, 0.5) is 0 Å². The second-order valence-electron chi connectivity index (χ2n) is 8.88. The number of imidazole rings is 1. The summed E-state index contributed by atoms with van der Waals surface area (Å²) in [5.74, 6) is 0.411.